The average molecular weight is 440 g/mol. The fourth-order valence-corrected chi connectivity index (χ4v) is 3.98. The number of nitrogens with zero attached hydrogens (tertiary/aromatic N) is 1. The lowest BCUT2D eigenvalue weighted by atomic mass is 9.91. The normalized spacial score (nSPS) is 15.9. The van der Waals surface area contributed by atoms with Crippen molar-refractivity contribution in [1.29, 1.82) is 0 Å². The Bertz CT molecular complexity index is 1140. The van der Waals surface area contributed by atoms with Crippen LogP contribution in [-0.4, -0.2) is 46.4 Å². The van der Waals surface area contributed by atoms with Gasteiger partial charge in [0.25, 0.3) is 5.91 Å². The van der Waals surface area contributed by atoms with E-state index in [0.29, 0.717) is 23.6 Å². The van der Waals surface area contributed by atoms with Crippen LogP contribution in [0.15, 0.2) is 28.8 Å². The van der Waals surface area contributed by atoms with Crippen molar-refractivity contribution in [3.05, 3.63) is 46.8 Å². The number of amides is 3. The topological polar surface area (TPSA) is 132 Å². The van der Waals surface area contributed by atoms with Gasteiger partial charge in [0.2, 0.25) is 0 Å². The SMILES string of the molecule is CC(C)(C)c1cc(NC(=O)NC2CCc3[nH]c4ccc(C(=O)NCCO)cc4c3C2)no1. The molecule has 1 atom stereocenters. The highest BCUT2D eigenvalue weighted by Crippen LogP contribution is 2.30. The molecule has 170 valence electrons. The highest BCUT2D eigenvalue weighted by molar-refractivity contribution is 5.99. The van der Waals surface area contributed by atoms with Crippen molar-refractivity contribution < 1.29 is 19.2 Å². The van der Waals surface area contributed by atoms with Gasteiger partial charge in [0.05, 0.1) is 6.61 Å². The predicted molar refractivity (Wildman–Crippen MR) is 121 cm³/mol. The minimum atomic E-state index is -0.323. The lowest BCUT2D eigenvalue weighted by molar-refractivity contribution is 0.0945. The Morgan fingerprint density at radius 2 is 2.09 bits per heavy atom. The van der Waals surface area contributed by atoms with Crippen molar-refractivity contribution in [2.45, 2.75) is 51.5 Å². The molecule has 0 saturated carbocycles. The van der Waals surface area contributed by atoms with Gasteiger partial charge in [0.15, 0.2) is 5.82 Å². The number of hydrogen-bond acceptors (Lipinski definition) is 5. The van der Waals surface area contributed by atoms with Crippen molar-refractivity contribution >= 4 is 28.7 Å². The van der Waals surface area contributed by atoms with Crippen molar-refractivity contribution in [2.24, 2.45) is 0 Å². The van der Waals surface area contributed by atoms with Gasteiger partial charge in [-0.15, -0.1) is 0 Å². The second-order valence-corrected chi connectivity index (χ2v) is 9.19. The number of aliphatic hydroxyl groups excluding tert-OH is 1. The summed E-state index contributed by atoms with van der Waals surface area (Å²) in [4.78, 5) is 28.2. The third-order valence-corrected chi connectivity index (χ3v) is 5.67. The number of aromatic amines is 1. The number of anilines is 1. The van der Waals surface area contributed by atoms with Gasteiger partial charge >= 0.3 is 6.03 Å². The van der Waals surface area contributed by atoms with Crippen LogP contribution in [0.1, 0.15) is 54.6 Å². The molecule has 1 aromatic carbocycles. The highest BCUT2D eigenvalue weighted by atomic mass is 16.5. The minimum Gasteiger partial charge on any atom is -0.395 e. The zero-order chi connectivity index (χ0) is 22.9. The van der Waals surface area contributed by atoms with E-state index < -0.39 is 0 Å². The van der Waals surface area contributed by atoms with Crippen LogP contribution in [0.25, 0.3) is 10.9 Å². The Kier molecular flexibility index (Phi) is 5.92. The molecule has 0 aliphatic heterocycles. The molecular formula is C23H29N5O4. The molecule has 3 amide bonds. The van der Waals surface area contributed by atoms with Gasteiger partial charge in [-0.25, -0.2) is 4.79 Å². The van der Waals surface area contributed by atoms with Crippen LogP contribution in [0, 0.1) is 0 Å². The van der Waals surface area contributed by atoms with Crippen molar-refractivity contribution in [1.82, 2.24) is 20.8 Å². The number of hydrogen-bond donors (Lipinski definition) is 5. The number of rotatable bonds is 5. The molecule has 1 unspecified atom stereocenters. The highest BCUT2D eigenvalue weighted by Gasteiger charge is 2.25. The largest absolute Gasteiger partial charge is 0.395 e. The second-order valence-electron chi connectivity index (χ2n) is 9.19. The van der Waals surface area contributed by atoms with Crippen LogP contribution < -0.4 is 16.0 Å². The van der Waals surface area contributed by atoms with Crippen LogP contribution in [-0.2, 0) is 18.3 Å². The molecule has 1 aliphatic carbocycles. The molecule has 0 bridgehead atoms. The first-order valence-corrected chi connectivity index (χ1v) is 10.8. The Morgan fingerprint density at radius 3 is 2.81 bits per heavy atom. The number of nitrogens with one attached hydrogen (secondary N) is 4. The lowest BCUT2D eigenvalue weighted by Crippen LogP contribution is -2.41. The molecule has 1 aliphatic rings. The summed E-state index contributed by atoms with van der Waals surface area (Å²) in [5, 5.41) is 22.3. The van der Waals surface area contributed by atoms with Crippen molar-refractivity contribution in [2.75, 3.05) is 18.5 Å². The van der Waals surface area contributed by atoms with E-state index in [0.717, 1.165) is 35.0 Å². The molecule has 9 nitrogen and oxygen atoms in total. The Labute approximate surface area is 185 Å². The lowest BCUT2D eigenvalue weighted by Gasteiger charge is -2.23. The summed E-state index contributed by atoms with van der Waals surface area (Å²) < 4.78 is 5.32. The van der Waals surface area contributed by atoms with Crippen LogP contribution in [0.5, 0.6) is 0 Å². The van der Waals surface area contributed by atoms with Crippen LogP contribution in [0.3, 0.4) is 0 Å². The standard InChI is InChI=1S/C23H29N5O4/c1-23(2,3)19-12-20(28-32-19)27-22(31)25-14-5-7-18-16(11-14)15-10-13(4-6-17(15)26-18)21(30)24-8-9-29/h4,6,10,12,14,26,29H,5,7-9,11H2,1-3H3,(H,24,30)(H2,25,27,28,31). The molecule has 0 fully saturated rings. The van der Waals surface area contributed by atoms with Crippen LogP contribution in [0.2, 0.25) is 0 Å². The maximum Gasteiger partial charge on any atom is 0.320 e. The Balaban J connectivity index is 1.44. The Morgan fingerprint density at radius 1 is 1.28 bits per heavy atom. The molecule has 3 aromatic rings. The third-order valence-electron chi connectivity index (χ3n) is 5.67. The van der Waals surface area contributed by atoms with E-state index in [1.165, 1.54) is 0 Å². The number of urea groups is 1. The number of benzene rings is 1. The number of carbonyl (C=O) groups excluding carboxylic acids is 2. The molecule has 9 heteroatoms. The molecular weight excluding hydrogens is 410 g/mol. The number of carbonyl (C=O) groups is 2. The summed E-state index contributed by atoms with van der Waals surface area (Å²) in [6, 6.07) is 6.90. The molecule has 0 saturated heterocycles. The Hall–Kier alpha value is -3.33. The average Bonchev–Trinajstić information content (AvgIpc) is 3.36. The van der Waals surface area contributed by atoms with Gasteiger partial charge in [0, 0.05) is 46.2 Å². The van der Waals surface area contributed by atoms with E-state index in [1.807, 2.05) is 32.9 Å². The smallest absolute Gasteiger partial charge is 0.320 e. The monoisotopic (exact) mass is 439 g/mol. The molecule has 4 rings (SSSR count). The molecule has 0 spiro atoms. The van der Waals surface area contributed by atoms with Crippen LogP contribution >= 0.6 is 0 Å². The van der Waals surface area contributed by atoms with Crippen molar-refractivity contribution in [3.63, 3.8) is 0 Å². The number of H-pyrrole nitrogens is 1. The maximum atomic E-state index is 12.5. The first-order valence-electron chi connectivity index (χ1n) is 10.8. The van der Waals surface area contributed by atoms with Gasteiger partial charge < -0.3 is 25.2 Å². The zero-order valence-corrected chi connectivity index (χ0v) is 18.5. The predicted octanol–water partition coefficient (Wildman–Crippen LogP) is 2.85. The number of aromatic nitrogens is 2. The summed E-state index contributed by atoms with van der Waals surface area (Å²) in [7, 11) is 0. The second kappa shape index (κ2) is 8.66. The number of aliphatic hydroxyl groups is 1. The van der Waals surface area contributed by atoms with E-state index in [1.54, 1.807) is 12.1 Å². The fourth-order valence-electron chi connectivity index (χ4n) is 3.98. The van der Waals surface area contributed by atoms with Gasteiger partial charge in [-0.3, -0.25) is 10.1 Å². The van der Waals surface area contributed by atoms with E-state index in [9.17, 15) is 9.59 Å². The molecule has 0 radical (unpaired) electrons. The summed E-state index contributed by atoms with van der Waals surface area (Å²) in [6.07, 6.45) is 2.28. The van der Waals surface area contributed by atoms with Gasteiger partial charge in [-0.05, 0) is 43.0 Å². The molecule has 5 N–H and O–H groups in total. The summed E-state index contributed by atoms with van der Waals surface area (Å²) >= 11 is 0. The quantitative estimate of drug-likeness (QED) is 0.417. The fraction of sp³-hybridized carbons (Fsp3) is 0.435. The molecule has 2 aromatic heterocycles. The number of fused-ring (bicyclic) bond motifs is 3. The molecule has 2 heterocycles. The van der Waals surface area contributed by atoms with E-state index in [-0.39, 0.29) is 36.5 Å². The van der Waals surface area contributed by atoms with Gasteiger partial charge in [-0.1, -0.05) is 25.9 Å². The summed E-state index contributed by atoms with van der Waals surface area (Å²) in [6.45, 7) is 6.15. The molecule has 32 heavy (non-hydrogen) atoms. The maximum absolute atomic E-state index is 12.5. The van der Waals surface area contributed by atoms with Gasteiger partial charge in [0.1, 0.15) is 5.76 Å². The van der Waals surface area contributed by atoms with E-state index in [2.05, 4.69) is 26.1 Å². The summed E-state index contributed by atoms with van der Waals surface area (Å²) in [5.74, 6) is 0.866. The van der Waals surface area contributed by atoms with E-state index in [4.69, 9.17) is 9.63 Å². The van der Waals surface area contributed by atoms with Gasteiger partial charge in [-0.2, -0.15) is 0 Å². The van der Waals surface area contributed by atoms with E-state index >= 15 is 0 Å². The summed E-state index contributed by atoms with van der Waals surface area (Å²) in [5.41, 5.74) is 3.58. The minimum absolute atomic E-state index is 0.0395. The number of aryl methyl sites for hydroxylation is 1. The first kappa shape index (κ1) is 21.9. The zero-order valence-electron chi connectivity index (χ0n) is 18.5. The third kappa shape index (κ3) is 4.62. The van der Waals surface area contributed by atoms with Crippen molar-refractivity contribution in [3.8, 4) is 0 Å². The first-order chi connectivity index (χ1) is 15.2. The van der Waals surface area contributed by atoms with Crippen LogP contribution in [0.4, 0.5) is 10.6 Å².